The second kappa shape index (κ2) is 7.33. The van der Waals surface area contributed by atoms with E-state index in [0.717, 1.165) is 36.3 Å². The van der Waals surface area contributed by atoms with Gasteiger partial charge in [0.15, 0.2) is 0 Å². The number of pyridine rings is 1. The van der Waals surface area contributed by atoms with E-state index in [-0.39, 0.29) is 23.0 Å². The first kappa shape index (κ1) is 16.3. The Morgan fingerprint density at radius 2 is 1.87 bits per heavy atom. The van der Waals surface area contributed by atoms with Crippen molar-refractivity contribution < 1.29 is 4.79 Å². The summed E-state index contributed by atoms with van der Waals surface area (Å²) in [7, 11) is 0. The van der Waals surface area contributed by atoms with Crippen LogP contribution < -0.4 is 5.32 Å². The summed E-state index contributed by atoms with van der Waals surface area (Å²) in [5.74, 6) is 0.0592. The fraction of sp³-hybridized carbons (Fsp3) is 0.333. The predicted molar refractivity (Wildman–Crippen MR) is 93.2 cm³/mol. The molecule has 3 rings (SSSR count). The molecule has 23 heavy (non-hydrogen) atoms. The molecule has 1 aromatic carbocycles. The molecule has 1 amide bonds. The zero-order chi connectivity index (χ0) is 16.2. The van der Waals surface area contributed by atoms with E-state index in [1.54, 1.807) is 18.3 Å². The van der Waals surface area contributed by atoms with E-state index < -0.39 is 0 Å². The van der Waals surface area contributed by atoms with Crippen molar-refractivity contribution in [3.05, 3.63) is 63.9 Å². The van der Waals surface area contributed by atoms with Gasteiger partial charge in [-0.05, 0) is 36.6 Å². The van der Waals surface area contributed by atoms with E-state index in [9.17, 15) is 4.79 Å². The molecule has 1 aromatic heterocycles. The number of halogens is 2. The van der Waals surface area contributed by atoms with Crippen molar-refractivity contribution in [2.45, 2.75) is 37.6 Å². The van der Waals surface area contributed by atoms with Crippen LogP contribution in [0.4, 0.5) is 0 Å². The number of hydrogen-bond acceptors (Lipinski definition) is 2. The minimum absolute atomic E-state index is 0.0624. The van der Waals surface area contributed by atoms with Crippen LogP contribution in [0, 0.1) is 0 Å². The van der Waals surface area contributed by atoms with Gasteiger partial charge < -0.3 is 5.32 Å². The highest BCUT2D eigenvalue weighted by Gasteiger charge is 2.29. The molecular weight excluding hydrogens is 331 g/mol. The monoisotopic (exact) mass is 348 g/mol. The van der Waals surface area contributed by atoms with E-state index in [1.807, 2.05) is 18.2 Å². The molecule has 1 fully saturated rings. The fourth-order valence-electron chi connectivity index (χ4n) is 3.25. The molecule has 3 nitrogen and oxygen atoms in total. The van der Waals surface area contributed by atoms with Gasteiger partial charge in [-0.3, -0.25) is 4.79 Å². The number of benzene rings is 1. The Morgan fingerprint density at radius 3 is 2.65 bits per heavy atom. The first-order valence-corrected chi connectivity index (χ1v) is 8.58. The molecule has 120 valence electrons. The van der Waals surface area contributed by atoms with Crippen molar-refractivity contribution in [1.29, 1.82) is 0 Å². The highest BCUT2D eigenvalue weighted by molar-refractivity contribution is 6.32. The molecule has 0 aliphatic heterocycles. The van der Waals surface area contributed by atoms with Crippen LogP contribution in [-0.4, -0.2) is 16.9 Å². The number of rotatable bonds is 3. The SMILES string of the molecule is O=C(N[C@@H]1CCCC[C@@H]1c1ccccc1Cl)c1cccnc1Cl. The van der Waals surface area contributed by atoms with Crippen LogP contribution in [0.2, 0.25) is 10.2 Å². The van der Waals surface area contributed by atoms with Crippen molar-refractivity contribution in [3.63, 3.8) is 0 Å². The van der Waals surface area contributed by atoms with Crippen molar-refractivity contribution in [3.8, 4) is 0 Å². The molecule has 1 aliphatic rings. The molecule has 1 saturated carbocycles. The average Bonchev–Trinajstić information content (AvgIpc) is 2.56. The van der Waals surface area contributed by atoms with Gasteiger partial charge in [0, 0.05) is 23.2 Å². The molecule has 0 bridgehead atoms. The van der Waals surface area contributed by atoms with Gasteiger partial charge in [-0.1, -0.05) is 54.2 Å². The third kappa shape index (κ3) is 3.67. The number of carbonyl (C=O) groups is 1. The van der Waals surface area contributed by atoms with E-state index in [4.69, 9.17) is 23.2 Å². The summed E-state index contributed by atoms with van der Waals surface area (Å²) in [6.07, 6.45) is 5.80. The van der Waals surface area contributed by atoms with Gasteiger partial charge >= 0.3 is 0 Å². The van der Waals surface area contributed by atoms with Crippen LogP contribution in [0.1, 0.15) is 47.5 Å². The third-order valence-electron chi connectivity index (χ3n) is 4.39. The maximum Gasteiger partial charge on any atom is 0.254 e. The van der Waals surface area contributed by atoms with Gasteiger partial charge in [0.05, 0.1) is 5.56 Å². The van der Waals surface area contributed by atoms with Crippen molar-refractivity contribution in [1.82, 2.24) is 10.3 Å². The molecule has 0 saturated heterocycles. The van der Waals surface area contributed by atoms with Crippen molar-refractivity contribution >= 4 is 29.1 Å². The molecule has 1 N–H and O–H groups in total. The maximum atomic E-state index is 12.5. The topological polar surface area (TPSA) is 42.0 Å². The van der Waals surface area contributed by atoms with Gasteiger partial charge in [0.25, 0.3) is 5.91 Å². The van der Waals surface area contributed by atoms with E-state index in [2.05, 4.69) is 16.4 Å². The van der Waals surface area contributed by atoms with Crippen LogP contribution in [0.25, 0.3) is 0 Å². The van der Waals surface area contributed by atoms with Gasteiger partial charge in [0.2, 0.25) is 0 Å². The lowest BCUT2D eigenvalue weighted by Crippen LogP contribution is -2.41. The number of nitrogens with one attached hydrogen (secondary N) is 1. The number of amides is 1. The Kier molecular flexibility index (Phi) is 5.19. The minimum Gasteiger partial charge on any atom is -0.349 e. The number of hydrogen-bond donors (Lipinski definition) is 1. The van der Waals surface area contributed by atoms with Crippen LogP contribution in [-0.2, 0) is 0 Å². The Bertz CT molecular complexity index is 705. The number of carbonyl (C=O) groups excluding carboxylic acids is 1. The Balaban J connectivity index is 1.81. The highest BCUT2D eigenvalue weighted by atomic mass is 35.5. The van der Waals surface area contributed by atoms with E-state index >= 15 is 0 Å². The fourth-order valence-corrected chi connectivity index (χ4v) is 3.73. The second-order valence-electron chi connectivity index (χ2n) is 5.83. The first-order valence-electron chi connectivity index (χ1n) is 7.82. The maximum absolute atomic E-state index is 12.5. The van der Waals surface area contributed by atoms with Gasteiger partial charge in [-0.15, -0.1) is 0 Å². The molecule has 0 unspecified atom stereocenters. The smallest absolute Gasteiger partial charge is 0.254 e. The lowest BCUT2D eigenvalue weighted by molar-refractivity contribution is 0.0920. The molecule has 2 aromatic rings. The molecule has 0 spiro atoms. The number of aromatic nitrogens is 1. The Hall–Kier alpha value is -1.58. The normalized spacial score (nSPS) is 21.0. The molecule has 1 heterocycles. The molecule has 5 heteroatoms. The van der Waals surface area contributed by atoms with Crippen LogP contribution >= 0.6 is 23.2 Å². The van der Waals surface area contributed by atoms with Gasteiger partial charge in [0.1, 0.15) is 5.15 Å². The van der Waals surface area contributed by atoms with Crippen LogP contribution in [0.5, 0.6) is 0 Å². The predicted octanol–water partition coefficient (Wildman–Crippen LogP) is 4.84. The molecular formula is C18H18Cl2N2O. The summed E-state index contributed by atoms with van der Waals surface area (Å²) in [5.41, 5.74) is 1.52. The van der Waals surface area contributed by atoms with E-state index in [0.29, 0.717) is 5.56 Å². The molecule has 1 aliphatic carbocycles. The zero-order valence-corrected chi connectivity index (χ0v) is 14.1. The third-order valence-corrected chi connectivity index (χ3v) is 5.04. The zero-order valence-electron chi connectivity index (χ0n) is 12.6. The highest BCUT2D eigenvalue weighted by Crippen LogP contribution is 2.36. The van der Waals surface area contributed by atoms with Crippen molar-refractivity contribution in [2.24, 2.45) is 0 Å². The summed E-state index contributed by atoms with van der Waals surface area (Å²) in [6.45, 7) is 0. The van der Waals surface area contributed by atoms with Gasteiger partial charge in [-0.2, -0.15) is 0 Å². The quantitative estimate of drug-likeness (QED) is 0.806. The lowest BCUT2D eigenvalue weighted by Gasteiger charge is -2.33. The Morgan fingerprint density at radius 1 is 1.09 bits per heavy atom. The van der Waals surface area contributed by atoms with E-state index in [1.165, 1.54) is 0 Å². The number of nitrogens with zero attached hydrogens (tertiary/aromatic N) is 1. The van der Waals surface area contributed by atoms with Crippen LogP contribution in [0.15, 0.2) is 42.6 Å². The summed E-state index contributed by atoms with van der Waals surface area (Å²) < 4.78 is 0. The van der Waals surface area contributed by atoms with Crippen LogP contribution in [0.3, 0.4) is 0 Å². The largest absolute Gasteiger partial charge is 0.349 e. The summed E-state index contributed by atoms with van der Waals surface area (Å²) in [6, 6.07) is 11.3. The van der Waals surface area contributed by atoms with Crippen molar-refractivity contribution in [2.75, 3.05) is 0 Å². The van der Waals surface area contributed by atoms with Gasteiger partial charge in [-0.25, -0.2) is 4.98 Å². The minimum atomic E-state index is -0.174. The standard InChI is InChI=1S/C18H18Cl2N2O/c19-15-9-3-1-6-12(15)13-7-2-4-10-16(13)22-18(23)14-8-5-11-21-17(14)20/h1,3,5-6,8-9,11,13,16H,2,4,7,10H2,(H,22,23)/t13-,16-/m1/s1. The summed E-state index contributed by atoms with van der Waals surface area (Å²) in [5, 5.41) is 4.12. The summed E-state index contributed by atoms with van der Waals surface area (Å²) in [4.78, 5) is 16.5. The second-order valence-corrected chi connectivity index (χ2v) is 6.60. The molecule has 0 radical (unpaired) electrons. The Labute approximate surface area is 146 Å². The average molecular weight is 349 g/mol. The lowest BCUT2D eigenvalue weighted by atomic mass is 9.80. The first-order chi connectivity index (χ1) is 11.2. The molecule has 2 atom stereocenters. The summed E-state index contributed by atoms with van der Waals surface area (Å²) >= 11 is 12.4.